The summed E-state index contributed by atoms with van der Waals surface area (Å²) in [5, 5.41) is 4.07. The number of nitrogens with one attached hydrogen (secondary N) is 1. The maximum absolute atomic E-state index is 5.65. The lowest BCUT2D eigenvalue weighted by Crippen LogP contribution is -2.51. The quantitative estimate of drug-likeness (QED) is 0.734. The van der Waals surface area contributed by atoms with Crippen LogP contribution in [0.25, 0.3) is 0 Å². The van der Waals surface area contributed by atoms with E-state index < -0.39 is 0 Å². The molecule has 0 saturated carbocycles. The average molecular weight is 420 g/mol. The molecule has 0 spiro atoms. The van der Waals surface area contributed by atoms with E-state index in [-0.39, 0.29) is 0 Å². The number of anilines is 1. The first-order valence-corrected chi connectivity index (χ1v) is 9.40. The molecule has 0 atom stereocenters. The Bertz CT molecular complexity index is 728. The summed E-state index contributed by atoms with van der Waals surface area (Å²) in [6.07, 6.45) is 0. The van der Waals surface area contributed by atoms with Crippen molar-refractivity contribution in [2.45, 2.75) is 0 Å². The maximum Gasteiger partial charge on any atom is 0.173 e. The minimum absolute atomic E-state index is 0.772. The average Bonchev–Trinajstić information content (AvgIpc) is 2.62. The first-order valence-electron chi connectivity index (χ1n) is 7.79. The number of rotatable bonds is 2. The Labute approximate surface area is 161 Å². The number of hydrogen-bond donors (Lipinski definition) is 1. The lowest BCUT2D eigenvalue weighted by Gasteiger charge is -2.37. The van der Waals surface area contributed by atoms with Crippen LogP contribution >= 0.6 is 40.4 Å². The van der Waals surface area contributed by atoms with Crippen LogP contribution in [0.4, 0.5) is 5.69 Å². The summed E-state index contributed by atoms with van der Waals surface area (Å²) >= 11 is 14.7. The van der Waals surface area contributed by atoms with Crippen LogP contribution < -0.4 is 5.32 Å². The van der Waals surface area contributed by atoms with E-state index in [1.165, 1.54) is 0 Å². The molecule has 1 heterocycles. The van der Waals surface area contributed by atoms with Crippen molar-refractivity contribution in [2.75, 3.05) is 31.5 Å². The maximum atomic E-state index is 5.65. The van der Waals surface area contributed by atoms with Crippen molar-refractivity contribution < 1.29 is 0 Å². The highest BCUT2D eigenvalue weighted by Crippen LogP contribution is 2.16. The van der Waals surface area contributed by atoms with Crippen LogP contribution in [0.2, 0.25) is 0 Å². The van der Waals surface area contributed by atoms with Crippen LogP contribution in [0.15, 0.2) is 59.1 Å². The molecule has 0 unspecified atom stereocenters. The van der Waals surface area contributed by atoms with Crippen molar-refractivity contribution in [3.05, 3.63) is 64.6 Å². The van der Waals surface area contributed by atoms with Gasteiger partial charge in [0.2, 0.25) is 0 Å². The normalized spacial score (nSPS) is 14.4. The minimum Gasteiger partial charge on any atom is -0.359 e. The second kappa shape index (κ2) is 8.05. The van der Waals surface area contributed by atoms with E-state index in [9.17, 15) is 0 Å². The van der Waals surface area contributed by atoms with Crippen LogP contribution in [0.3, 0.4) is 0 Å². The summed E-state index contributed by atoms with van der Waals surface area (Å²) in [7, 11) is 0. The molecule has 0 radical (unpaired) electrons. The van der Waals surface area contributed by atoms with Gasteiger partial charge in [-0.3, -0.25) is 0 Å². The van der Waals surface area contributed by atoms with Gasteiger partial charge in [-0.25, -0.2) is 0 Å². The number of piperazine rings is 1. The second-order valence-electron chi connectivity index (χ2n) is 5.59. The fraction of sp³-hybridized carbons (Fsp3) is 0.222. The zero-order chi connectivity index (χ0) is 16.9. The Morgan fingerprint density at radius 1 is 0.875 bits per heavy atom. The summed E-state index contributed by atoms with van der Waals surface area (Å²) in [6, 6.07) is 18.2. The Balaban J connectivity index is 1.55. The van der Waals surface area contributed by atoms with Gasteiger partial charge in [0.15, 0.2) is 5.11 Å². The highest BCUT2D eigenvalue weighted by atomic mass is 79.9. The molecule has 2 aromatic carbocycles. The number of para-hydroxylation sites is 1. The van der Waals surface area contributed by atoms with E-state index >= 15 is 0 Å². The lowest BCUT2D eigenvalue weighted by molar-refractivity contribution is 0.264. The molecule has 0 amide bonds. The van der Waals surface area contributed by atoms with Crippen LogP contribution in [0, 0.1) is 0 Å². The third-order valence-corrected chi connectivity index (χ3v) is 5.30. The Kier molecular flexibility index (Phi) is 5.81. The summed E-state index contributed by atoms with van der Waals surface area (Å²) in [5.74, 6) is 0. The van der Waals surface area contributed by atoms with Gasteiger partial charge in [0.25, 0.3) is 0 Å². The second-order valence-corrected chi connectivity index (χ2v) is 7.27. The van der Waals surface area contributed by atoms with Gasteiger partial charge < -0.3 is 15.1 Å². The zero-order valence-electron chi connectivity index (χ0n) is 13.1. The van der Waals surface area contributed by atoms with Gasteiger partial charge in [-0.15, -0.1) is 0 Å². The standard InChI is InChI=1S/C18H18BrN3S2/c19-15-6-4-5-14(13-15)17(23)21-9-11-22(12-10-21)18(24)20-16-7-2-1-3-8-16/h1-8,13H,9-12H2,(H,20,24). The highest BCUT2D eigenvalue weighted by Gasteiger charge is 2.21. The molecule has 1 N–H and O–H groups in total. The third kappa shape index (κ3) is 4.32. The largest absolute Gasteiger partial charge is 0.359 e. The van der Waals surface area contributed by atoms with Gasteiger partial charge >= 0.3 is 0 Å². The molecule has 3 rings (SSSR count). The van der Waals surface area contributed by atoms with Gasteiger partial charge in [-0.05, 0) is 36.5 Å². The number of halogens is 1. The zero-order valence-corrected chi connectivity index (χ0v) is 16.3. The molecule has 24 heavy (non-hydrogen) atoms. The molecule has 0 aromatic heterocycles. The molecular formula is C18H18BrN3S2. The summed E-state index contributed by atoms with van der Waals surface area (Å²) < 4.78 is 1.05. The van der Waals surface area contributed by atoms with Gasteiger partial charge in [-0.1, -0.05) is 58.5 Å². The third-order valence-electron chi connectivity index (χ3n) is 3.95. The molecule has 1 saturated heterocycles. The van der Waals surface area contributed by atoms with Gasteiger partial charge in [0.1, 0.15) is 4.99 Å². The fourth-order valence-corrected chi connectivity index (χ4v) is 3.65. The molecule has 124 valence electrons. The Morgan fingerprint density at radius 2 is 1.54 bits per heavy atom. The van der Waals surface area contributed by atoms with Crippen molar-refractivity contribution in [3.8, 4) is 0 Å². The lowest BCUT2D eigenvalue weighted by atomic mass is 10.2. The fourth-order valence-electron chi connectivity index (χ4n) is 2.64. The van der Waals surface area contributed by atoms with E-state index in [0.717, 1.165) is 52.0 Å². The number of benzene rings is 2. The van der Waals surface area contributed by atoms with Crippen molar-refractivity contribution >= 4 is 56.2 Å². The smallest absolute Gasteiger partial charge is 0.173 e. The first-order chi connectivity index (χ1) is 11.6. The van der Waals surface area contributed by atoms with E-state index in [0.29, 0.717) is 0 Å². The molecule has 0 bridgehead atoms. The van der Waals surface area contributed by atoms with E-state index in [4.69, 9.17) is 24.4 Å². The van der Waals surface area contributed by atoms with Crippen LogP contribution in [0.5, 0.6) is 0 Å². The molecule has 1 fully saturated rings. The molecule has 2 aromatic rings. The monoisotopic (exact) mass is 419 g/mol. The van der Waals surface area contributed by atoms with Crippen LogP contribution in [0.1, 0.15) is 5.56 Å². The predicted molar refractivity (Wildman–Crippen MR) is 112 cm³/mol. The first kappa shape index (κ1) is 17.3. The molecular weight excluding hydrogens is 402 g/mol. The Morgan fingerprint density at radius 3 is 2.21 bits per heavy atom. The van der Waals surface area contributed by atoms with E-state index in [1.807, 2.05) is 42.5 Å². The topological polar surface area (TPSA) is 18.5 Å². The molecule has 3 nitrogen and oxygen atoms in total. The SMILES string of the molecule is S=C(Nc1ccccc1)N1CCN(C(=S)c2cccc(Br)c2)CC1. The van der Waals surface area contributed by atoms with Gasteiger partial charge in [0, 0.05) is 41.9 Å². The van der Waals surface area contributed by atoms with E-state index in [1.54, 1.807) is 0 Å². The summed E-state index contributed by atoms with van der Waals surface area (Å²) in [4.78, 5) is 5.35. The minimum atomic E-state index is 0.772. The molecule has 6 heteroatoms. The van der Waals surface area contributed by atoms with Crippen molar-refractivity contribution in [1.82, 2.24) is 9.80 Å². The van der Waals surface area contributed by atoms with Crippen molar-refractivity contribution in [2.24, 2.45) is 0 Å². The number of hydrogen-bond acceptors (Lipinski definition) is 2. The van der Waals surface area contributed by atoms with E-state index in [2.05, 4.69) is 43.2 Å². The number of nitrogens with zero attached hydrogens (tertiary/aromatic N) is 2. The number of thiocarbonyl (C=S) groups is 2. The highest BCUT2D eigenvalue weighted by molar-refractivity contribution is 9.10. The molecule has 1 aliphatic rings. The molecule has 0 aliphatic carbocycles. The summed E-state index contributed by atoms with van der Waals surface area (Å²) in [5.41, 5.74) is 2.10. The van der Waals surface area contributed by atoms with Crippen molar-refractivity contribution in [1.29, 1.82) is 0 Å². The van der Waals surface area contributed by atoms with Gasteiger partial charge in [-0.2, -0.15) is 0 Å². The van der Waals surface area contributed by atoms with Crippen molar-refractivity contribution in [3.63, 3.8) is 0 Å². The van der Waals surface area contributed by atoms with Crippen LogP contribution in [-0.2, 0) is 0 Å². The predicted octanol–water partition coefficient (Wildman–Crippen LogP) is 4.14. The molecule has 1 aliphatic heterocycles. The Hall–Kier alpha value is -1.50. The van der Waals surface area contributed by atoms with Gasteiger partial charge in [0.05, 0.1) is 0 Å². The van der Waals surface area contributed by atoms with Crippen LogP contribution in [-0.4, -0.2) is 46.1 Å². The summed E-state index contributed by atoms with van der Waals surface area (Å²) in [6.45, 7) is 3.49.